The number of carbonyl (C=O) groups excluding carboxylic acids is 2. The highest BCUT2D eigenvalue weighted by Crippen LogP contribution is 2.33. The summed E-state index contributed by atoms with van der Waals surface area (Å²) in [6.07, 6.45) is -0.679. The third kappa shape index (κ3) is 2.88. The van der Waals surface area contributed by atoms with Gasteiger partial charge in [-0.05, 0) is 26.6 Å². The zero-order chi connectivity index (χ0) is 17.3. The van der Waals surface area contributed by atoms with E-state index >= 15 is 0 Å². The van der Waals surface area contributed by atoms with E-state index in [0.717, 1.165) is 5.56 Å². The molecule has 0 aliphatic carbocycles. The monoisotopic (exact) mass is 321 g/mol. The molecule has 0 saturated carbocycles. The maximum Gasteiger partial charge on any atom is 0.341 e. The van der Waals surface area contributed by atoms with Crippen LogP contribution < -0.4 is 0 Å². The zero-order valence-corrected chi connectivity index (χ0v) is 13.9. The van der Waals surface area contributed by atoms with Gasteiger partial charge in [-0.25, -0.2) is 4.79 Å². The summed E-state index contributed by atoms with van der Waals surface area (Å²) in [5, 5.41) is 0. The van der Waals surface area contributed by atoms with Crippen molar-refractivity contribution in [3.05, 3.63) is 76.9 Å². The number of cyclic esters (lactones) is 1. The first-order valence-corrected chi connectivity index (χ1v) is 7.77. The Hall–Kier alpha value is -2.72. The van der Waals surface area contributed by atoms with Crippen molar-refractivity contribution in [2.45, 2.75) is 13.2 Å². The van der Waals surface area contributed by atoms with E-state index in [1.54, 1.807) is 31.1 Å². The number of hydrogen-bond donors (Lipinski definition) is 0. The molecule has 2 aromatic carbocycles. The van der Waals surface area contributed by atoms with Crippen LogP contribution in [0.2, 0.25) is 0 Å². The second-order valence-corrected chi connectivity index (χ2v) is 6.07. The van der Waals surface area contributed by atoms with Crippen LogP contribution in [0, 0.1) is 6.92 Å². The van der Waals surface area contributed by atoms with E-state index < -0.39 is 12.2 Å². The fourth-order valence-electron chi connectivity index (χ4n) is 2.78. The highest BCUT2D eigenvalue weighted by molar-refractivity contribution is 6.29. The van der Waals surface area contributed by atoms with E-state index in [0.29, 0.717) is 22.3 Å². The van der Waals surface area contributed by atoms with Gasteiger partial charge in [0.25, 0.3) is 0 Å². The molecule has 1 aliphatic heterocycles. The number of ether oxygens (including phenoxy) is 1. The van der Waals surface area contributed by atoms with Gasteiger partial charge in [-0.3, -0.25) is 9.69 Å². The molecule has 0 amide bonds. The van der Waals surface area contributed by atoms with Crippen LogP contribution in [0.15, 0.2) is 60.2 Å². The van der Waals surface area contributed by atoms with E-state index in [9.17, 15) is 9.59 Å². The predicted molar refractivity (Wildman–Crippen MR) is 92.4 cm³/mol. The Morgan fingerprint density at radius 2 is 1.62 bits per heavy atom. The molecule has 0 aromatic heterocycles. The minimum atomic E-state index is -0.679. The van der Waals surface area contributed by atoms with Crippen molar-refractivity contribution in [2.24, 2.45) is 0 Å². The SMILES string of the molecule is Cc1ccc(C2=C(C(=O)c3ccccc3)C(N(C)C)OC2=O)cc1. The van der Waals surface area contributed by atoms with Gasteiger partial charge < -0.3 is 4.74 Å². The molecule has 0 saturated heterocycles. The average Bonchev–Trinajstić information content (AvgIpc) is 2.93. The minimum absolute atomic E-state index is 0.185. The smallest absolute Gasteiger partial charge is 0.341 e. The molecule has 0 bridgehead atoms. The molecule has 1 aliphatic rings. The van der Waals surface area contributed by atoms with E-state index in [1.807, 2.05) is 49.4 Å². The van der Waals surface area contributed by atoms with Crippen molar-refractivity contribution in [1.82, 2.24) is 4.90 Å². The summed E-state index contributed by atoms with van der Waals surface area (Å²) in [7, 11) is 3.57. The van der Waals surface area contributed by atoms with Crippen LogP contribution >= 0.6 is 0 Å². The van der Waals surface area contributed by atoms with Crippen LogP contribution in [0.4, 0.5) is 0 Å². The first kappa shape index (κ1) is 16.1. The molecule has 0 N–H and O–H groups in total. The Labute approximate surface area is 141 Å². The van der Waals surface area contributed by atoms with Crippen molar-refractivity contribution in [2.75, 3.05) is 14.1 Å². The first-order chi connectivity index (χ1) is 11.5. The third-order valence-electron chi connectivity index (χ3n) is 4.03. The Morgan fingerprint density at radius 1 is 1.00 bits per heavy atom. The molecule has 0 spiro atoms. The molecule has 2 aromatic rings. The summed E-state index contributed by atoms with van der Waals surface area (Å²) in [5.41, 5.74) is 3.07. The van der Waals surface area contributed by atoms with Gasteiger partial charge in [0.1, 0.15) is 0 Å². The summed E-state index contributed by atoms with van der Waals surface area (Å²) in [6, 6.07) is 16.5. The van der Waals surface area contributed by atoms with E-state index in [-0.39, 0.29) is 5.78 Å². The van der Waals surface area contributed by atoms with Crippen LogP contribution in [-0.2, 0) is 9.53 Å². The van der Waals surface area contributed by atoms with Crippen LogP contribution in [-0.4, -0.2) is 37.0 Å². The van der Waals surface area contributed by atoms with Gasteiger partial charge in [0, 0.05) is 5.56 Å². The molecular weight excluding hydrogens is 302 g/mol. The molecule has 0 fully saturated rings. The number of carbonyl (C=O) groups is 2. The summed E-state index contributed by atoms with van der Waals surface area (Å²) >= 11 is 0. The van der Waals surface area contributed by atoms with Crippen molar-refractivity contribution >= 4 is 17.3 Å². The van der Waals surface area contributed by atoms with E-state index in [4.69, 9.17) is 4.74 Å². The summed E-state index contributed by atoms with van der Waals surface area (Å²) < 4.78 is 5.47. The highest BCUT2D eigenvalue weighted by Gasteiger charge is 2.40. The molecule has 122 valence electrons. The Bertz CT molecular complexity index is 805. The number of rotatable bonds is 4. The Morgan fingerprint density at radius 3 is 2.21 bits per heavy atom. The molecule has 4 heteroatoms. The van der Waals surface area contributed by atoms with Crippen LogP contribution in [0.1, 0.15) is 21.5 Å². The fourth-order valence-corrected chi connectivity index (χ4v) is 2.78. The van der Waals surface area contributed by atoms with Crippen LogP contribution in [0.3, 0.4) is 0 Å². The molecule has 1 unspecified atom stereocenters. The van der Waals surface area contributed by atoms with E-state index in [1.165, 1.54) is 0 Å². The minimum Gasteiger partial charge on any atom is -0.438 e. The standard InChI is InChI=1S/C20H19NO3/c1-13-9-11-14(12-10-13)16-17(19(21(2)3)24-20(16)23)18(22)15-7-5-4-6-8-15/h4-12,19H,1-3H3. The third-order valence-corrected chi connectivity index (χ3v) is 4.03. The van der Waals surface area contributed by atoms with Crippen molar-refractivity contribution < 1.29 is 14.3 Å². The molecular formula is C20H19NO3. The lowest BCUT2D eigenvalue weighted by Gasteiger charge is -2.20. The molecule has 4 nitrogen and oxygen atoms in total. The largest absolute Gasteiger partial charge is 0.438 e. The first-order valence-electron chi connectivity index (χ1n) is 7.77. The van der Waals surface area contributed by atoms with E-state index in [2.05, 4.69) is 0 Å². The van der Waals surface area contributed by atoms with Gasteiger partial charge >= 0.3 is 5.97 Å². The Kier molecular flexibility index (Phi) is 4.32. The molecule has 1 heterocycles. The van der Waals surface area contributed by atoms with Gasteiger partial charge in [0.2, 0.25) is 0 Å². The topological polar surface area (TPSA) is 46.6 Å². The van der Waals surface area contributed by atoms with Gasteiger partial charge in [-0.1, -0.05) is 60.2 Å². The summed E-state index contributed by atoms with van der Waals surface area (Å²) in [4.78, 5) is 27.2. The highest BCUT2D eigenvalue weighted by atomic mass is 16.6. The van der Waals surface area contributed by atoms with Gasteiger partial charge in [0.15, 0.2) is 12.0 Å². The lowest BCUT2D eigenvalue weighted by Crippen LogP contribution is -2.32. The lowest BCUT2D eigenvalue weighted by molar-refractivity contribution is -0.143. The maximum atomic E-state index is 13.0. The predicted octanol–water partition coefficient (Wildman–Crippen LogP) is 3.08. The molecule has 0 radical (unpaired) electrons. The average molecular weight is 321 g/mol. The lowest BCUT2D eigenvalue weighted by atomic mass is 9.94. The number of nitrogens with zero attached hydrogens (tertiary/aromatic N) is 1. The number of likely N-dealkylation sites (N-methyl/N-ethyl adjacent to an activating group) is 1. The van der Waals surface area contributed by atoms with Gasteiger partial charge in [-0.2, -0.15) is 0 Å². The number of Topliss-reactive ketones (excluding diaryl/α,β-unsaturated/α-hetero) is 1. The fraction of sp³-hybridized carbons (Fsp3) is 0.200. The van der Waals surface area contributed by atoms with Crippen molar-refractivity contribution in [1.29, 1.82) is 0 Å². The number of benzene rings is 2. The quantitative estimate of drug-likeness (QED) is 0.641. The molecule has 1 atom stereocenters. The number of esters is 1. The van der Waals surface area contributed by atoms with Crippen molar-refractivity contribution in [3.8, 4) is 0 Å². The Balaban J connectivity index is 2.17. The number of hydrogen-bond acceptors (Lipinski definition) is 4. The summed E-state index contributed by atoms with van der Waals surface area (Å²) in [5.74, 6) is -0.646. The molecule has 24 heavy (non-hydrogen) atoms. The zero-order valence-electron chi connectivity index (χ0n) is 13.9. The summed E-state index contributed by atoms with van der Waals surface area (Å²) in [6.45, 7) is 1.98. The van der Waals surface area contributed by atoms with Crippen molar-refractivity contribution in [3.63, 3.8) is 0 Å². The normalized spacial score (nSPS) is 17.3. The van der Waals surface area contributed by atoms with Gasteiger partial charge in [-0.15, -0.1) is 0 Å². The number of ketones is 1. The van der Waals surface area contributed by atoms with Gasteiger partial charge in [0.05, 0.1) is 11.1 Å². The maximum absolute atomic E-state index is 13.0. The van der Waals surface area contributed by atoms with Crippen LogP contribution in [0.25, 0.3) is 5.57 Å². The van der Waals surface area contributed by atoms with Crippen LogP contribution in [0.5, 0.6) is 0 Å². The number of aryl methyl sites for hydroxylation is 1. The second kappa shape index (κ2) is 6.42. The second-order valence-electron chi connectivity index (χ2n) is 6.07. The molecule has 3 rings (SSSR count).